The molecule has 3 aromatic carbocycles. The second-order valence-corrected chi connectivity index (χ2v) is 17.9. The Morgan fingerprint density at radius 1 is 0.844 bits per heavy atom. The van der Waals surface area contributed by atoms with Gasteiger partial charge in [0.05, 0.1) is 44.9 Å². The molecule has 4 heterocycles. The first-order valence-corrected chi connectivity index (χ1v) is 20.6. The van der Waals surface area contributed by atoms with Crippen LogP contribution < -0.4 is 14.5 Å². The summed E-state index contributed by atoms with van der Waals surface area (Å²) < 4.78 is 131. The number of hydrogen-bond acceptors (Lipinski definition) is 8. The lowest BCUT2D eigenvalue weighted by Gasteiger charge is -2.49. The van der Waals surface area contributed by atoms with Gasteiger partial charge >= 0.3 is 18.7 Å². The van der Waals surface area contributed by atoms with Gasteiger partial charge in [0.15, 0.2) is 0 Å². The number of phenols is 1. The number of halogens is 10. The van der Waals surface area contributed by atoms with Gasteiger partial charge in [0.25, 0.3) is 0 Å². The summed E-state index contributed by atoms with van der Waals surface area (Å²) in [5.41, 5.74) is -5.50. The zero-order valence-corrected chi connectivity index (χ0v) is 34.7. The topological polar surface area (TPSA) is 122 Å². The Morgan fingerprint density at radius 3 is 2.16 bits per heavy atom. The van der Waals surface area contributed by atoms with Gasteiger partial charge in [0, 0.05) is 34.3 Å². The molecular formula is C43H30ClF9N4O6S. The second kappa shape index (κ2) is 14.3. The van der Waals surface area contributed by atoms with Crippen molar-refractivity contribution in [3.8, 4) is 22.1 Å². The van der Waals surface area contributed by atoms with Gasteiger partial charge in [-0.15, -0.1) is 24.5 Å². The summed E-state index contributed by atoms with van der Waals surface area (Å²) in [7, 11) is 1.48. The maximum absolute atomic E-state index is 15.1. The molecule has 4 amide bonds. The van der Waals surface area contributed by atoms with Crippen LogP contribution in [0.15, 0.2) is 72.3 Å². The van der Waals surface area contributed by atoms with Gasteiger partial charge < -0.3 is 9.84 Å². The third-order valence-electron chi connectivity index (χ3n) is 12.9. The van der Waals surface area contributed by atoms with Gasteiger partial charge in [0.2, 0.25) is 23.6 Å². The molecule has 2 aromatic heterocycles. The molecule has 21 heteroatoms. The van der Waals surface area contributed by atoms with Crippen molar-refractivity contribution in [2.24, 2.45) is 36.1 Å². The fourth-order valence-corrected chi connectivity index (χ4v) is 11.4. The minimum Gasteiger partial charge on any atom is -0.508 e. The number of rotatable bonds is 5. The molecule has 0 bridgehead atoms. The highest BCUT2D eigenvalue weighted by molar-refractivity contribution is 7.22. The molecule has 10 nitrogen and oxygen atoms in total. The molecule has 2 saturated heterocycles. The zero-order valence-electron chi connectivity index (χ0n) is 33.1. The van der Waals surface area contributed by atoms with Gasteiger partial charge in [-0.05, 0) is 98.2 Å². The minimum atomic E-state index is -5.32. The number of amides is 4. The first-order chi connectivity index (χ1) is 29.8. The number of ether oxygens (including phenoxy) is 1. The number of thiophene rings is 1. The highest BCUT2D eigenvalue weighted by Gasteiger charge is 2.68. The van der Waals surface area contributed by atoms with E-state index >= 15 is 4.79 Å². The summed E-state index contributed by atoms with van der Waals surface area (Å²) >= 11 is 7.63. The number of carbonyl (C=O) groups excluding carboxylic acids is 4. The third kappa shape index (κ3) is 6.65. The molecule has 334 valence electrons. The number of hydrogen-bond donors (Lipinski definition) is 1. The Morgan fingerprint density at radius 2 is 1.52 bits per heavy atom. The first kappa shape index (κ1) is 43.4. The average molecular weight is 937 g/mol. The van der Waals surface area contributed by atoms with Gasteiger partial charge in [-0.2, -0.15) is 31.4 Å². The number of aryl methyl sites for hydroxylation is 2. The van der Waals surface area contributed by atoms with Crippen LogP contribution in [0.5, 0.6) is 11.5 Å². The third-order valence-corrected chi connectivity index (χ3v) is 14.4. The summed E-state index contributed by atoms with van der Waals surface area (Å²) in [5, 5.41) is 17.3. The van der Waals surface area contributed by atoms with Crippen LogP contribution in [0.2, 0.25) is 5.02 Å². The lowest BCUT2D eigenvalue weighted by atomic mass is 9.51. The van der Waals surface area contributed by atoms with E-state index in [1.54, 1.807) is 12.1 Å². The van der Waals surface area contributed by atoms with E-state index in [0.717, 1.165) is 38.7 Å². The van der Waals surface area contributed by atoms with Crippen molar-refractivity contribution < 1.29 is 68.5 Å². The van der Waals surface area contributed by atoms with Crippen LogP contribution in [0.1, 0.15) is 47.9 Å². The van der Waals surface area contributed by atoms with Crippen molar-refractivity contribution in [1.29, 1.82) is 0 Å². The largest absolute Gasteiger partial charge is 0.573 e. The van der Waals surface area contributed by atoms with Crippen LogP contribution >= 0.6 is 22.9 Å². The van der Waals surface area contributed by atoms with Crippen LogP contribution in [0.3, 0.4) is 0 Å². The van der Waals surface area contributed by atoms with Crippen molar-refractivity contribution in [2.45, 2.75) is 51.3 Å². The standard InChI is InChI=1S/C43H30ClF9N4O6S/c1-17-25-13-20(44)4-9-31(25)64-35(17)29-16-32(55(3)54-29)57-37(60)28-15-26-23(34(40(28,2)39(57)62)27-14-22(5-8-30(27)58)63-43(51,52)53)6-7-24-33(26)38(61)56(36(24)59)21-11-18(41(45,46)47)10-19(12-21)42(48,49)50/h4-6,8-14,16,24,26,28,33-34,58H,7,15H2,1-3H3/t24-,26+,28-,33-,34+,40+/m0/s1. The van der Waals surface area contributed by atoms with Gasteiger partial charge in [-0.1, -0.05) is 23.3 Å². The molecule has 9 rings (SSSR count). The molecule has 1 saturated carbocycles. The fourth-order valence-electron chi connectivity index (χ4n) is 10.1. The molecule has 4 aliphatic rings. The van der Waals surface area contributed by atoms with Crippen LogP contribution in [0.4, 0.5) is 51.0 Å². The number of alkyl halides is 9. The van der Waals surface area contributed by atoms with Crippen LogP contribution in [0, 0.1) is 36.0 Å². The Labute approximate surface area is 364 Å². The van der Waals surface area contributed by atoms with Gasteiger partial charge in [-0.25, -0.2) is 9.80 Å². The first-order valence-electron chi connectivity index (χ1n) is 19.4. The molecule has 0 unspecified atom stereocenters. The van der Waals surface area contributed by atoms with E-state index < -0.39 is 106 Å². The number of imide groups is 2. The van der Waals surface area contributed by atoms with Gasteiger partial charge in [-0.3, -0.25) is 23.9 Å². The molecule has 64 heavy (non-hydrogen) atoms. The number of aromatic nitrogens is 2. The van der Waals surface area contributed by atoms with E-state index in [2.05, 4.69) is 9.84 Å². The highest BCUT2D eigenvalue weighted by Crippen LogP contribution is 2.65. The molecule has 1 N–H and O–H groups in total. The van der Waals surface area contributed by atoms with Gasteiger partial charge in [0.1, 0.15) is 23.0 Å². The zero-order chi connectivity index (χ0) is 46.3. The quantitative estimate of drug-likeness (QED) is 0.106. The van der Waals surface area contributed by atoms with Crippen LogP contribution in [-0.2, 0) is 38.6 Å². The Hall–Kier alpha value is -5.89. The number of anilines is 2. The molecule has 3 fully saturated rings. The predicted octanol–water partition coefficient (Wildman–Crippen LogP) is 10.3. The number of phenolic OH excluding ortho intramolecular Hbond substituents is 1. The SMILES string of the molecule is Cc1c(-c2cc(N3C(=O)[C@@H]4C[C@@H]5C(=CC[C@@H]6C(=O)N(c7cc(C(F)(F)F)cc(C(F)(F)F)c7)C(=O)[C@@H]65)[C@H](c5cc(OC(F)(F)F)ccc5O)[C@]4(C)C3=O)n(C)n2)sc2ccc(Cl)cc12. The van der Waals surface area contributed by atoms with Crippen molar-refractivity contribution in [1.82, 2.24) is 9.78 Å². The smallest absolute Gasteiger partial charge is 0.508 e. The number of carbonyl (C=O) groups is 4. The van der Waals surface area contributed by atoms with E-state index in [4.69, 9.17) is 11.6 Å². The minimum absolute atomic E-state index is 0.00854. The maximum Gasteiger partial charge on any atom is 0.573 e. The second-order valence-electron chi connectivity index (χ2n) is 16.4. The summed E-state index contributed by atoms with van der Waals surface area (Å²) in [6.45, 7) is 3.23. The predicted molar refractivity (Wildman–Crippen MR) is 212 cm³/mol. The van der Waals surface area contributed by atoms with E-state index in [1.807, 2.05) is 13.0 Å². The van der Waals surface area contributed by atoms with E-state index in [1.165, 1.54) is 42.1 Å². The molecule has 6 atom stereocenters. The molecule has 2 aliphatic heterocycles. The average Bonchev–Trinajstić information content (AvgIpc) is 3.87. The fraction of sp³-hybridized carbons (Fsp3) is 0.326. The highest BCUT2D eigenvalue weighted by atomic mass is 35.5. The maximum atomic E-state index is 15.1. The summed E-state index contributed by atoms with van der Waals surface area (Å²) in [6.07, 6.45) is -15.2. The van der Waals surface area contributed by atoms with Crippen LogP contribution in [0.25, 0.3) is 20.7 Å². The molecule has 5 aromatic rings. The Bertz CT molecular complexity index is 2870. The number of aromatic hydroxyl groups is 1. The van der Waals surface area contributed by atoms with Crippen molar-refractivity contribution in [3.63, 3.8) is 0 Å². The van der Waals surface area contributed by atoms with Crippen molar-refractivity contribution in [2.75, 3.05) is 9.80 Å². The van der Waals surface area contributed by atoms with E-state index in [-0.39, 0.29) is 52.9 Å². The van der Waals surface area contributed by atoms with Crippen LogP contribution in [-0.4, -0.2) is 44.9 Å². The number of fused-ring (bicyclic) bond motifs is 5. The lowest BCUT2D eigenvalue weighted by molar-refractivity contribution is -0.274. The number of allylic oxidation sites excluding steroid dienone is 2. The lowest BCUT2D eigenvalue weighted by Crippen LogP contribution is -2.49. The molecular weight excluding hydrogens is 907 g/mol. The summed E-state index contributed by atoms with van der Waals surface area (Å²) in [6, 6.07) is 9.69. The Balaban J connectivity index is 1.17. The van der Waals surface area contributed by atoms with E-state index in [0.29, 0.717) is 15.6 Å². The number of nitrogens with zero attached hydrogens (tertiary/aromatic N) is 4. The summed E-state index contributed by atoms with van der Waals surface area (Å²) in [4.78, 5) is 60.3. The number of benzene rings is 3. The summed E-state index contributed by atoms with van der Waals surface area (Å²) in [5.74, 6) is -12.5. The van der Waals surface area contributed by atoms with Crippen molar-refractivity contribution >= 4 is 68.2 Å². The monoisotopic (exact) mass is 936 g/mol. The Kier molecular flexibility index (Phi) is 9.69. The molecule has 2 aliphatic carbocycles. The normalized spacial score (nSPS) is 25.0. The van der Waals surface area contributed by atoms with E-state index in [9.17, 15) is 59.0 Å². The van der Waals surface area contributed by atoms with Crippen molar-refractivity contribution in [3.05, 3.63) is 99.6 Å². The molecule has 0 spiro atoms. The molecule has 0 radical (unpaired) electrons.